The van der Waals surface area contributed by atoms with Gasteiger partial charge in [0.05, 0.1) is 9.10 Å². The van der Waals surface area contributed by atoms with Crippen LogP contribution in [-0.4, -0.2) is 11.4 Å². The molecule has 0 amide bonds. The van der Waals surface area contributed by atoms with Crippen molar-refractivity contribution in [2.45, 2.75) is 0 Å². The molecule has 48 valence electrons. The molecule has 0 atom stereocenters. The molecule has 1 rings (SSSR count). The van der Waals surface area contributed by atoms with Crippen molar-refractivity contribution in [1.29, 1.82) is 0 Å². The molecule has 2 nitrogen and oxygen atoms in total. The highest BCUT2D eigenvalue weighted by atomic mass is 127. The molecule has 4 heteroatoms. The summed E-state index contributed by atoms with van der Waals surface area (Å²) in [5.41, 5.74) is 0. The number of thiophene rings is 1. The van der Waals surface area contributed by atoms with Gasteiger partial charge in [0.2, 0.25) is 0 Å². The third kappa shape index (κ3) is 1.94. The summed E-state index contributed by atoms with van der Waals surface area (Å²) in [6.45, 7) is 0. The smallest absolute Gasteiger partial charge is 0.0833 e. The molecule has 0 bridgehead atoms. The molecule has 0 radical (unpaired) electrons. The van der Waals surface area contributed by atoms with Crippen molar-refractivity contribution in [1.82, 2.24) is 0 Å². The fraction of sp³-hybridized carbons (Fsp3) is 0. The topological polar surface area (TPSA) is 32.6 Å². The predicted molar refractivity (Wildman–Crippen MR) is 46.4 cm³/mol. The summed E-state index contributed by atoms with van der Waals surface area (Å²) in [5, 5.41) is 11.0. The second-order valence-electron chi connectivity index (χ2n) is 1.39. The minimum absolute atomic E-state index is 0.974. The monoisotopic (exact) mass is 253 g/mol. The van der Waals surface area contributed by atoms with Crippen molar-refractivity contribution in [2.24, 2.45) is 5.16 Å². The maximum atomic E-state index is 8.10. The number of hydrogen-bond acceptors (Lipinski definition) is 3. The van der Waals surface area contributed by atoms with E-state index < -0.39 is 0 Å². The Hall–Kier alpha value is -0.100. The van der Waals surface area contributed by atoms with Crippen molar-refractivity contribution >= 4 is 40.1 Å². The molecular formula is C5H4INOS. The molecule has 0 fully saturated rings. The summed E-state index contributed by atoms with van der Waals surface area (Å²) in [7, 11) is 0. The largest absolute Gasteiger partial charge is 0.411 e. The Morgan fingerprint density at radius 1 is 1.67 bits per heavy atom. The Morgan fingerprint density at radius 2 is 2.44 bits per heavy atom. The summed E-state index contributed by atoms with van der Waals surface area (Å²) < 4.78 is 1.20. The van der Waals surface area contributed by atoms with Crippen LogP contribution in [0.3, 0.4) is 0 Å². The van der Waals surface area contributed by atoms with Crippen molar-refractivity contribution in [3.8, 4) is 0 Å². The number of oxime groups is 1. The van der Waals surface area contributed by atoms with E-state index in [1.165, 1.54) is 9.10 Å². The Bertz CT molecular complexity index is 220. The Kier molecular flexibility index (Phi) is 2.47. The van der Waals surface area contributed by atoms with E-state index in [0.717, 1.165) is 4.88 Å². The maximum Gasteiger partial charge on any atom is 0.0833 e. The highest BCUT2D eigenvalue weighted by Gasteiger charge is 1.91. The first kappa shape index (κ1) is 7.01. The third-order valence-electron chi connectivity index (χ3n) is 0.779. The zero-order valence-corrected chi connectivity index (χ0v) is 7.39. The van der Waals surface area contributed by atoms with Gasteiger partial charge in [-0.3, -0.25) is 0 Å². The Morgan fingerprint density at radius 3 is 2.89 bits per heavy atom. The van der Waals surface area contributed by atoms with Crippen LogP contribution < -0.4 is 0 Å². The normalized spacial score (nSPS) is 10.8. The van der Waals surface area contributed by atoms with Gasteiger partial charge < -0.3 is 5.21 Å². The third-order valence-corrected chi connectivity index (χ3v) is 2.61. The average molecular weight is 253 g/mol. The van der Waals surface area contributed by atoms with Crippen molar-refractivity contribution in [2.75, 3.05) is 0 Å². The molecule has 0 spiro atoms. The number of hydrogen-bond donors (Lipinski definition) is 1. The molecular weight excluding hydrogens is 249 g/mol. The van der Waals surface area contributed by atoms with Gasteiger partial charge in [0.25, 0.3) is 0 Å². The summed E-state index contributed by atoms with van der Waals surface area (Å²) in [5.74, 6) is 0. The quantitative estimate of drug-likeness (QED) is 0.353. The van der Waals surface area contributed by atoms with Gasteiger partial charge in [0.15, 0.2) is 0 Å². The van der Waals surface area contributed by atoms with Gasteiger partial charge in [-0.05, 0) is 34.7 Å². The van der Waals surface area contributed by atoms with E-state index in [-0.39, 0.29) is 0 Å². The van der Waals surface area contributed by atoms with Gasteiger partial charge >= 0.3 is 0 Å². The first-order valence-corrected chi connectivity index (χ1v) is 4.15. The first-order chi connectivity index (χ1) is 4.33. The summed E-state index contributed by atoms with van der Waals surface area (Å²) in [6, 6.07) is 3.88. The van der Waals surface area contributed by atoms with E-state index in [9.17, 15) is 0 Å². The lowest BCUT2D eigenvalue weighted by Gasteiger charge is -1.75. The molecule has 1 aromatic rings. The van der Waals surface area contributed by atoms with Crippen molar-refractivity contribution < 1.29 is 5.21 Å². The van der Waals surface area contributed by atoms with E-state index in [2.05, 4.69) is 27.7 Å². The molecule has 0 saturated carbocycles. The number of nitrogens with zero attached hydrogens (tertiary/aromatic N) is 1. The fourth-order valence-electron chi connectivity index (χ4n) is 0.455. The summed E-state index contributed by atoms with van der Waals surface area (Å²) in [4.78, 5) is 0.974. The zero-order valence-electron chi connectivity index (χ0n) is 4.41. The minimum Gasteiger partial charge on any atom is -0.411 e. The molecule has 9 heavy (non-hydrogen) atoms. The van der Waals surface area contributed by atoms with Crippen LogP contribution in [0.4, 0.5) is 0 Å². The lowest BCUT2D eigenvalue weighted by atomic mass is 10.5. The van der Waals surface area contributed by atoms with E-state index in [0.29, 0.717) is 0 Å². The van der Waals surface area contributed by atoms with Gasteiger partial charge in [-0.25, -0.2) is 0 Å². The molecule has 1 aromatic heterocycles. The minimum atomic E-state index is 0.974. The summed E-state index contributed by atoms with van der Waals surface area (Å²) >= 11 is 3.81. The van der Waals surface area contributed by atoms with Crippen LogP contribution >= 0.6 is 33.9 Å². The van der Waals surface area contributed by atoms with Crippen LogP contribution in [0.2, 0.25) is 0 Å². The number of rotatable bonds is 1. The lowest BCUT2D eigenvalue weighted by molar-refractivity contribution is 0.322. The number of halogens is 1. The average Bonchev–Trinajstić information content (AvgIpc) is 2.17. The molecule has 1 N–H and O–H groups in total. The second-order valence-corrected chi connectivity index (χ2v) is 4.40. The molecule has 0 unspecified atom stereocenters. The van der Waals surface area contributed by atoms with Gasteiger partial charge in [-0.1, -0.05) is 5.16 Å². The van der Waals surface area contributed by atoms with Crippen LogP contribution in [0, 0.1) is 2.88 Å². The van der Waals surface area contributed by atoms with Gasteiger partial charge in [-0.15, -0.1) is 11.3 Å². The van der Waals surface area contributed by atoms with E-state index in [1.54, 1.807) is 11.3 Å². The van der Waals surface area contributed by atoms with Gasteiger partial charge in [-0.2, -0.15) is 0 Å². The van der Waals surface area contributed by atoms with E-state index >= 15 is 0 Å². The maximum absolute atomic E-state index is 8.10. The van der Waals surface area contributed by atoms with Crippen molar-refractivity contribution in [3.63, 3.8) is 0 Å². The molecule has 0 saturated heterocycles. The van der Waals surface area contributed by atoms with Crippen LogP contribution in [0.5, 0.6) is 0 Å². The highest BCUT2D eigenvalue weighted by Crippen LogP contribution is 2.15. The van der Waals surface area contributed by atoms with Crippen LogP contribution in [0.25, 0.3) is 0 Å². The Balaban J connectivity index is 2.85. The molecule has 0 aliphatic carbocycles. The lowest BCUT2D eigenvalue weighted by Crippen LogP contribution is -1.67. The van der Waals surface area contributed by atoms with Crippen LogP contribution in [0.1, 0.15) is 4.88 Å². The van der Waals surface area contributed by atoms with Crippen LogP contribution in [-0.2, 0) is 0 Å². The SMILES string of the molecule is ON=Cc1ccc(I)s1. The first-order valence-electron chi connectivity index (χ1n) is 2.25. The zero-order chi connectivity index (χ0) is 6.69. The Labute approximate surface area is 70.3 Å². The second kappa shape index (κ2) is 3.17. The van der Waals surface area contributed by atoms with E-state index in [4.69, 9.17) is 5.21 Å². The standard InChI is InChI=1S/C5H4INOS/c6-5-2-1-4(9-5)3-7-8/h1-3,8H. The molecule has 1 heterocycles. The van der Waals surface area contributed by atoms with Crippen LogP contribution in [0.15, 0.2) is 17.3 Å². The molecule has 0 aliphatic rings. The highest BCUT2D eigenvalue weighted by molar-refractivity contribution is 14.1. The van der Waals surface area contributed by atoms with E-state index in [1.807, 2.05) is 12.1 Å². The van der Waals surface area contributed by atoms with Crippen molar-refractivity contribution in [3.05, 3.63) is 19.9 Å². The van der Waals surface area contributed by atoms with Gasteiger partial charge in [0.1, 0.15) is 0 Å². The predicted octanol–water partition coefficient (Wildman–Crippen LogP) is 2.16. The summed E-state index contributed by atoms with van der Waals surface area (Å²) in [6.07, 6.45) is 1.42. The molecule has 0 aromatic carbocycles. The fourth-order valence-corrected chi connectivity index (χ4v) is 1.99. The molecule has 0 aliphatic heterocycles. The van der Waals surface area contributed by atoms with Gasteiger partial charge in [0, 0.05) is 4.88 Å².